The molecule has 0 aromatic rings. The van der Waals surface area contributed by atoms with Crippen LogP contribution in [-0.4, -0.2) is 11.9 Å². The number of unbranched alkanes of at least 4 members (excludes halogenated alkanes) is 1. The summed E-state index contributed by atoms with van der Waals surface area (Å²) in [5, 5.41) is 12.0. The number of carbonyl (C=O) groups excluding carboxylic acids is 1. The molecule has 17 heavy (non-hydrogen) atoms. The van der Waals surface area contributed by atoms with Crippen molar-refractivity contribution in [1.82, 2.24) is 5.32 Å². The summed E-state index contributed by atoms with van der Waals surface area (Å²) in [6.07, 6.45) is 5.35. The van der Waals surface area contributed by atoms with Gasteiger partial charge in [0, 0.05) is 6.04 Å². The van der Waals surface area contributed by atoms with Crippen LogP contribution >= 0.6 is 0 Å². The molecule has 0 radical (unpaired) electrons. The van der Waals surface area contributed by atoms with Crippen LogP contribution in [0, 0.1) is 23.2 Å². The maximum absolute atomic E-state index is 11.9. The number of carbonyl (C=O) groups is 1. The molecule has 0 aromatic carbocycles. The highest BCUT2D eigenvalue weighted by Crippen LogP contribution is 2.12. The molecule has 0 aliphatic rings. The summed E-state index contributed by atoms with van der Waals surface area (Å²) in [6, 6.07) is 2.33. The fourth-order valence-corrected chi connectivity index (χ4v) is 1.89. The molecular weight excluding hydrogens is 212 g/mol. The summed E-state index contributed by atoms with van der Waals surface area (Å²) >= 11 is 0. The molecule has 0 aliphatic heterocycles. The zero-order valence-electron chi connectivity index (χ0n) is 11.6. The van der Waals surface area contributed by atoms with Gasteiger partial charge in [0.1, 0.15) is 5.92 Å². The van der Waals surface area contributed by atoms with Gasteiger partial charge >= 0.3 is 0 Å². The van der Waals surface area contributed by atoms with E-state index in [0.717, 1.165) is 32.1 Å². The van der Waals surface area contributed by atoms with Crippen LogP contribution < -0.4 is 5.32 Å². The van der Waals surface area contributed by atoms with Crippen LogP contribution in [0.2, 0.25) is 0 Å². The highest BCUT2D eigenvalue weighted by molar-refractivity contribution is 5.81. The van der Waals surface area contributed by atoms with E-state index in [-0.39, 0.29) is 17.9 Å². The Bertz CT molecular complexity index is 255. The van der Waals surface area contributed by atoms with Crippen LogP contribution in [0.5, 0.6) is 0 Å². The van der Waals surface area contributed by atoms with E-state index in [9.17, 15) is 4.79 Å². The number of rotatable bonds is 8. The molecule has 3 heteroatoms. The third-order valence-electron chi connectivity index (χ3n) is 2.98. The Morgan fingerprint density at radius 2 is 1.88 bits per heavy atom. The lowest BCUT2D eigenvalue weighted by atomic mass is 9.95. The van der Waals surface area contributed by atoms with Gasteiger partial charge in [-0.3, -0.25) is 4.79 Å². The van der Waals surface area contributed by atoms with Crippen LogP contribution in [-0.2, 0) is 4.79 Å². The largest absolute Gasteiger partial charge is 0.352 e. The minimum absolute atomic E-state index is 0.0773. The van der Waals surface area contributed by atoms with Crippen molar-refractivity contribution in [2.24, 2.45) is 11.8 Å². The van der Waals surface area contributed by atoms with Crippen LogP contribution in [0.15, 0.2) is 0 Å². The Labute approximate surface area is 106 Å². The third-order valence-corrected chi connectivity index (χ3v) is 2.98. The first-order valence-electron chi connectivity index (χ1n) is 6.76. The fraction of sp³-hybridized carbons (Fsp3) is 0.857. The van der Waals surface area contributed by atoms with Gasteiger partial charge in [0.15, 0.2) is 0 Å². The number of hydrogen-bond donors (Lipinski definition) is 1. The molecule has 0 spiro atoms. The maximum Gasteiger partial charge on any atom is 0.237 e. The minimum atomic E-state index is -0.518. The quantitative estimate of drug-likeness (QED) is 0.705. The maximum atomic E-state index is 11.9. The van der Waals surface area contributed by atoms with Crippen molar-refractivity contribution >= 4 is 5.91 Å². The Kier molecular flexibility index (Phi) is 8.49. The van der Waals surface area contributed by atoms with Gasteiger partial charge in [-0.2, -0.15) is 5.26 Å². The van der Waals surface area contributed by atoms with Gasteiger partial charge in [0.05, 0.1) is 6.07 Å². The predicted octanol–water partition coefficient (Wildman–Crippen LogP) is 3.26. The number of nitrogens with one attached hydrogen (secondary N) is 1. The van der Waals surface area contributed by atoms with Crippen molar-refractivity contribution in [1.29, 1.82) is 5.26 Å². The zero-order chi connectivity index (χ0) is 13.3. The molecule has 3 nitrogen and oxygen atoms in total. The molecule has 0 aliphatic carbocycles. The molecule has 1 amide bonds. The van der Waals surface area contributed by atoms with Gasteiger partial charge in [-0.15, -0.1) is 0 Å². The molecule has 2 atom stereocenters. The Morgan fingerprint density at radius 3 is 2.29 bits per heavy atom. The van der Waals surface area contributed by atoms with E-state index < -0.39 is 5.92 Å². The molecule has 0 saturated heterocycles. The van der Waals surface area contributed by atoms with Gasteiger partial charge < -0.3 is 5.32 Å². The molecule has 2 unspecified atom stereocenters. The summed E-state index contributed by atoms with van der Waals surface area (Å²) in [5.74, 6) is -0.540. The molecule has 1 N–H and O–H groups in total. The first-order chi connectivity index (χ1) is 8.06. The predicted molar refractivity (Wildman–Crippen MR) is 70.3 cm³/mol. The summed E-state index contributed by atoms with van der Waals surface area (Å²) < 4.78 is 0. The SMILES string of the molecule is CCCCC(CCC)NC(=O)C(C#N)C(C)C. The smallest absolute Gasteiger partial charge is 0.237 e. The molecular formula is C14H26N2O. The first kappa shape index (κ1) is 16.0. The van der Waals surface area contributed by atoms with E-state index >= 15 is 0 Å². The van der Waals surface area contributed by atoms with Crippen molar-refractivity contribution in [2.45, 2.75) is 65.8 Å². The number of amides is 1. The average molecular weight is 238 g/mol. The molecule has 0 saturated carbocycles. The highest BCUT2D eigenvalue weighted by atomic mass is 16.1. The van der Waals surface area contributed by atoms with Crippen molar-refractivity contribution in [3.8, 4) is 6.07 Å². The molecule has 0 fully saturated rings. The second-order valence-electron chi connectivity index (χ2n) is 4.99. The van der Waals surface area contributed by atoms with Gasteiger partial charge in [0.2, 0.25) is 5.91 Å². The van der Waals surface area contributed by atoms with Gasteiger partial charge in [0.25, 0.3) is 0 Å². The van der Waals surface area contributed by atoms with Crippen molar-refractivity contribution in [3.05, 3.63) is 0 Å². The summed E-state index contributed by atoms with van der Waals surface area (Å²) in [5.41, 5.74) is 0. The lowest BCUT2D eigenvalue weighted by Gasteiger charge is -2.21. The summed E-state index contributed by atoms with van der Waals surface area (Å²) in [6.45, 7) is 8.09. The third kappa shape index (κ3) is 6.31. The second-order valence-corrected chi connectivity index (χ2v) is 4.99. The Hall–Kier alpha value is -1.04. The van der Waals surface area contributed by atoms with Crippen molar-refractivity contribution in [3.63, 3.8) is 0 Å². The lowest BCUT2D eigenvalue weighted by Crippen LogP contribution is -2.40. The van der Waals surface area contributed by atoms with E-state index in [1.165, 1.54) is 0 Å². The standard InChI is InChI=1S/C14H26N2O/c1-5-7-9-12(8-6-2)16-14(17)13(10-15)11(3)4/h11-13H,5-9H2,1-4H3,(H,16,17). The van der Waals surface area contributed by atoms with Crippen LogP contribution in [0.4, 0.5) is 0 Å². The number of hydrogen-bond acceptors (Lipinski definition) is 2. The van der Waals surface area contributed by atoms with Gasteiger partial charge in [-0.25, -0.2) is 0 Å². The highest BCUT2D eigenvalue weighted by Gasteiger charge is 2.23. The average Bonchev–Trinajstić information content (AvgIpc) is 2.26. The summed E-state index contributed by atoms with van der Waals surface area (Å²) in [7, 11) is 0. The fourth-order valence-electron chi connectivity index (χ4n) is 1.89. The van der Waals surface area contributed by atoms with Crippen molar-refractivity contribution < 1.29 is 4.79 Å². The van der Waals surface area contributed by atoms with E-state index in [4.69, 9.17) is 5.26 Å². The normalized spacial score (nSPS) is 14.1. The number of nitriles is 1. The molecule has 0 heterocycles. The minimum Gasteiger partial charge on any atom is -0.352 e. The molecule has 0 bridgehead atoms. The Morgan fingerprint density at radius 1 is 1.24 bits per heavy atom. The van der Waals surface area contributed by atoms with Crippen LogP contribution in [0.3, 0.4) is 0 Å². The van der Waals surface area contributed by atoms with Gasteiger partial charge in [-0.05, 0) is 18.8 Å². The van der Waals surface area contributed by atoms with Crippen molar-refractivity contribution in [2.75, 3.05) is 0 Å². The molecule has 0 aromatic heterocycles. The number of nitrogens with zero attached hydrogens (tertiary/aromatic N) is 1. The lowest BCUT2D eigenvalue weighted by molar-refractivity contribution is -0.125. The topological polar surface area (TPSA) is 52.9 Å². The first-order valence-corrected chi connectivity index (χ1v) is 6.76. The van der Waals surface area contributed by atoms with E-state index in [1.807, 2.05) is 13.8 Å². The zero-order valence-corrected chi connectivity index (χ0v) is 11.6. The second kappa shape index (κ2) is 9.04. The van der Waals surface area contributed by atoms with Gasteiger partial charge in [-0.1, -0.05) is 47.0 Å². The molecule has 0 rings (SSSR count). The molecule has 98 valence electrons. The monoisotopic (exact) mass is 238 g/mol. The van der Waals surface area contributed by atoms with E-state index in [1.54, 1.807) is 0 Å². The summed E-state index contributed by atoms with van der Waals surface area (Å²) in [4.78, 5) is 11.9. The van der Waals surface area contributed by atoms with E-state index in [2.05, 4.69) is 25.2 Å². The Balaban J connectivity index is 4.32. The van der Waals surface area contributed by atoms with Crippen LogP contribution in [0.1, 0.15) is 59.8 Å². The van der Waals surface area contributed by atoms with E-state index in [0.29, 0.717) is 0 Å². The van der Waals surface area contributed by atoms with Crippen LogP contribution in [0.25, 0.3) is 0 Å².